The zero-order chi connectivity index (χ0) is 20.3. The van der Waals surface area contributed by atoms with Crippen LogP contribution in [0.5, 0.6) is 0 Å². The number of hydrogen-bond donors (Lipinski definition) is 2. The van der Waals surface area contributed by atoms with E-state index in [2.05, 4.69) is 35.6 Å². The third-order valence-electron chi connectivity index (χ3n) is 3.30. The molecule has 0 fully saturated rings. The van der Waals surface area contributed by atoms with E-state index in [-0.39, 0.29) is 34.6 Å². The molecule has 0 atom stereocenters. The number of aromatic nitrogens is 5. The van der Waals surface area contributed by atoms with Gasteiger partial charge in [0.2, 0.25) is 11.9 Å². The molecule has 2 N–H and O–H groups in total. The van der Waals surface area contributed by atoms with Gasteiger partial charge in [0.25, 0.3) is 0 Å². The van der Waals surface area contributed by atoms with Gasteiger partial charge in [-0.05, 0) is 38.1 Å². The Morgan fingerprint density at radius 2 is 1.75 bits per heavy atom. The van der Waals surface area contributed by atoms with Crippen LogP contribution < -0.4 is 10.6 Å². The summed E-state index contributed by atoms with van der Waals surface area (Å²) in [6, 6.07) is 6.73. The summed E-state index contributed by atoms with van der Waals surface area (Å²) in [5.41, 5.74) is -0.497. The highest BCUT2D eigenvalue weighted by Gasteiger charge is 2.32. The lowest BCUT2D eigenvalue weighted by Gasteiger charge is -2.12. The number of anilines is 3. The van der Waals surface area contributed by atoms with Crippen molar-refractivity contribution in [3.05, 3.63) is 47.4 Å². The molecule has 28 heavy (non-hydrogen) atoms. The molecule has 3 rings (SSSR count). The standard InChI is InChI=1S/C17H15ClF3N7/c1-9(2)23-15-26-14(11-4-3-5-12(25-11)17(19,20)21)27-16(28-15)24-10-6-7-22-13(18)8-10/h3-9H,1-2H3,(H2,22,23,24,26,27,28). The Balaban J connectivity index is 2.03. The fourth-order valence-corrected chi connectivity index (χ4v) is 2.37. The maximum Gasteiger partial charge on any atom is 0.433 e. The third-order valence-corrected chi connectivity index (χ3v) is 3.51. The van der Waals surface area contributed by atoms with Gasteiger partial charge in [0.05, 0.1) is 0 Å². The second-order valence-electron chi connectivity index (χ2n) is 6.00. The summed E-state index contributed by atoms with van der Waals surface area (Å²) in [6.07, 6.45) is -3.08. The van der Waals surface area contributed by atoms with Gasteiger partial charge in [0.15, 0.2) is 5.82 Å². The van der Waals surface area contributed by atoms with E-state index in [0.717, 1.165) is 6.07 Å². The fourth-order valence-electron chi connectivity index (χ4n) is 2.20. The summed E-state index contributed by atoms with van der Waals surface area (Å²) in [4.78, 5) is 20.1. The number of nitrogens with one attached hydrogen (secondary N) is 2. The lowest BCUT2D eigenvalue weighted by atomic mass is 10.3. The molecule has 0 aliphatic carbocycles. The van der Waals surface area contributed by atoms with Gasteiger partial charge in [0.1, 0.15) is 16.5 Å². The van der Waals surface area contributed by atoms with Crippen molar-refractivity contribution in [1.82, 2.24) is 24.9 Å². The van der Waals surface area contributed by atoms with Crippen LogP contribution >= 0.6 is 11.6 Å². The summed E-state index contributed by atoms with van der Waals surface area (Å²) in [6.45, 7) is 3.75. The normalized spacial score (nSPS) is 11.5. The Labute approximate surface area is 163 Å². The Morgan fingerprint density at radius 3 is 2.43 bits per heavy atom. The molecule has 3 aromatic heterocycles. The van der Waals surface area contributed by atoms with E-state index < -0.39 is 11.9 Å². The second-order valence-corrected chi connectivity index (χ2v) is 6.39. The van der Waals surface area contributed by atoms with Crippen LogP contribution in [-0.2, 0) is 6.18 Å². The molecule has 0 aliphatic heterocycles. The number of halogens is 4. The fraction of sp³-hybridized carbons (Fsp3) is 0.235. The van der Waals surface area contributed by atoms with E-state index >= 15 is 0 Å². The molecule has 0 saturated carbocycles. The predicted octanol–water partition coefficient (Wildman–Crippen LogP) is 4.56. The van der Waals surface area contributed by atoms with Crippen LogP contribution in [0.3, 0.4) is 0 Å². The molecule has 3 aromatic rings. The Morgan fingerprint density at radius 1 is 1.00 bits per heavy atom. The molecular formula is C17H15ClF3N7. The van der Waals surface area contributed by atoms with Crippen LogP contribution in [0.2, 0.25) is 5.15 Å². The molecular weight excluding hydrogens is 395 g/mol. The summed E-state index contributed by atoms with van der Waals surface area (Å²) in [5, 5.41) is 6.21. The van der Waals surface area contributed by atoms with E-state index in [1.807, 2.05) is 13.8 Å². The molecule has 0 spiro atoms. The highest BCUT2D eigenvalue weighted by atomic mass is 35.5. The van der Waals surface area contributed by atoms with Crippen molar-refractivity contribution < 1.29 is 13.2 Å². The Kier molecular flexibility index (Phi) is 5.59. The van der Waals surface area contributed by atoms with Crippen LogP contribution in [0.25, 0.3) is 11.5 Å². The van der Waals surface area contributed by atoms with E-state index in [9.17, 15) is 13.2 Å². The van der Waals surface area contributed by atoms with Gasteiger partial charge in [0, 0.05) is 17.9 Å². The van der Waals surface area contributed by atoms with Gasteiger partial charge in [-0.3, -0.25) is 0 Å². The van der Waals surface area contributed by atoms with Gasteiger partial charge >= 0.3 is 6.18 Å². The van der Waals surface area contributed by atoms with Crippen molar-refractivity contribution in [3.8, 4) is 11.5 Å². The van der Waals surface area contributed by atoms with Crippen LogP contribution in [0.15, 0.2) is 36.5 Å². The average molecular weight is 410 g/mol. The largest absolute Gasteiger partial charge is 0.433 e. The van der Waals surface area contributed by atoms with Crippen molar-refractivity contribution in [2.75, 3.05) is 10.6 Å². The zero-order valence-electron chi connectivity index (χ0n) is 14.8. The summed E-state index contributed by atoms with van der Waals surface area (Å²) in [5.74, 6) is 0.309. The van der Waals surface area contributed by atoms with Gasteiger partial charge < -0.3 is 10.6 Å². The minimum atomic E-state index is -4.57. The molecule has 146 valence electrons. The topological polar surface area (TPSA) is 88.5 Å². The number of alkyl halides is 3. The van der Waals surface area contributed by atoms with Crippen LogP contribution in [0.4, 0.5) is 30.8 Å². The van der Waals surface area contributed by atoms with Crippen molar-refractivity contribution in [1.29, 1.82) is 0 Å². The minimum absolute atomic E-state index is 0.00654. The van der Waals surface area contributed by atoms with Crippen LogP contribution in [-0.4, -0.2) is 31.0 Å². The Bertz CT molecular complexity index is 979. The van der Waals surface area contributed by atoms with Crippen molar-refractivity contribution in [3.63, 3.8) is 0 Å². The van der Waals surface area contributed by atoms with Gasteiger partial charge in [-0.2, -0.15) is 28.1 Å². The highest BCUT2D eigenvalue weighted by Crippen LogP contribution is 2.29. The van der Waals surface area contributed by atoms with E-state index in [4.69, 9.17) is 11.6 Å². The SMILES string of the molecule is CC(C)Nc1nc(Nc2ccnc(Cl)c2)nc(-c2cccc(C(F)(F)F)n2)n1. The van der Waals surface area contributed by atoms with Crippen LogP contribution in [0, 0.1) is 0 Å². The lowest BCUT2D eigenvalue weighted by Crippen LogP contribution is -2.15. The molecule has 0 bridgehead atoms. The average Bonchev–Trinajstić information content (AvgIpc) is 2.60. The highest BCUT2D eigenvalue weighted by molar-refractivity contribution is 6.29. The molecule has 7 nitrogen and oxygen atoms in total. The maximum absolute atomic E-state index is 13.0. The van der Waals surface area contributed by atoms with E-state index in [0.29, 0.717) is 5.69 Å². The first-order valence-electron chi connectivity index (χ1n) is 8.16. The summed E-state index contributed by atoms with van der Waals surface area (Å²) < 4.78 is 38.9. The van der Waals surface area contributed by atoms with Crippen molar-refractivity contribution >= 4 is 29.2 Å². The van der Waals surface area contributed by atoms with Crippen molar-refractivity contribution in [2.45, 2.75) is 26.1 Å². The summed E-state index contributed by atoms with van der Waals surface area (Å²) >= 11 is 5.87. The monoisotopic (exact) mass is 409 g/mol. The quantitative estimate of drug-likeness (QED) is 0.597. The molecule has 0 aliphatic rings. The first kappa shape index (κ1) is 19.7. The number of nitrogens with zero attached hydrogens (tertiary/aromatic N) is 5. The molecule has 0 radical (unpaired) electrons. The predicted molar refractivity (Wildman–Crippen MR) is 99.3 cm³/mol. The smallest absolute Gasteiger partial charge is 0.352 e. The van der Waals surface area contributed by atoms with Crippen LogP contribution in [0.1, 0.15) is 19.5 Å². The molecule has 0 unspecified atom stereocenters. The first-order chi connectivity index (χ1) is 13.2. The molecule has 0 saturated heterocycles. The molecule has 11 heteroatoms. The number of rotatable bonds is 5. The van der Waals surface area contributed by atoms with Gasteiger partial charge in [-0.1, -0.05) is 17.7 Å². The Hall–Kier alpha value is -3.01. The van der Waals surface area contributed by atoms with E-state index in [1.54, 1.807) is 12.1 Å². The molecule has 0 amide bonds. The number of pyridine rings is 2. The van der Waals surface area contributed by atoms with E-state index in [1.165, 1.54) is 18.3 Å². The maximum atomic E-state index is 13.0. The number of hydrogen-bond acceptors (Lipinski definition) is 7. The summed E-state index contributed by atoms with van der Waals surface area (Å²) in [7, 11) is 0. The van der Waals surface area contributed by atoms with Gasteiger partial charge in [-0.15, -0.1) is 0 Å². The third kappa shape index (κ3) is 5.03. The second kappa shape index (κ2) is 7.93. The molecule has 3 heterocycles. The lowest BCUT2D eigenvalue weighted by molar-refractivity contribution is -0.141. The minimum Gasteiger partial charge on any atom is -0.352 e. The zero-order valence-corrected chi connectivity index (χ0v) is 15.5. The van der Waals surface area contributed by atoms with Crippen molar-refractivity contribution in [2.24, 2.45) is 0 Å². The first-order valence-corrected chi connectivity index (χ1v) is 8.54. The molecule has 0 aromatic carbocycles. The van der Waals surface area contributed by atoms with Gasteiger partial charge in [-0.25, -0.2) is 9.97 Å².